The molecule has 0 fully saturated rings. The Morgan fingerprint density at radius 1 is 1.14 bits per heavy atom. The van der Waals surface area contributed by atoms with Crippen molar-refractivity contribution in [1.29, 1.82) is 0 Å². The largest absolute Gasteiger partial charge is 0.508 e. The van der Waals surface area contributed by atoms with Gasteiger partial charge in [-0.25, -0.2) is 0 Å². The highest BCUT2D eigenvalue weighted by molar-refractivity contribution is 5.98. The lowest BCUT2D eigenvalue weighted by atomic mass is 10.2. The van der Waals surface area contributed by atoms with E-state index >= 15 is 0 Å². The van der Waals surface area contributed by atoms with Crippen molar-refractivity contribution < 1.29 is 14.7 Å². The van der Waals surface area contributed by atoms with Gasteiger partial charge in [-0.1, -0.05) is 0 Å². The SMILES string of the molecule is NC(=O)c1cnccc1NCCNC(=O)c1ccc(O)cc1. The van der Waals surface area contributed by atoms with E-state index in [1.54, 1.807) is 12.3 Å². The molecular weight excluding hydrogens is 284 g/mol. The van der Waals surface area contributed by atoms with Crippen molar-refractivity contribution in [3.05, 3.63) is 53.9 Å². The maximum absolute atomic E-state index is 11.8. The number of nitrogens with one attached hydrogen (secondary N) is 2. The zero-order valence-electron chi connectivity index (χ0n) is 11.7. The second kappa shape index (κ2) is 7.07. The quantitative estimate of drug-likeness (QED) is 0.587. The van der Waals surface area contributed by atoms with Crippen LogP contribution in [-0.2, 0) is 0 Å². The molecule has 7 nitrogen and oxygen atoms in total. The monoisotopic (exact) mass is 300 g/mol. The molecule has 0 unspecified atom stereocenters. The third-order valence-electron chi connectivity index (χ3n) is 2.94. The molecule has 0 aliphatic heterocycles. The highest BCUT2D eigenvalue weighted by Gasteiger charge is 2.08. The Morgan fingerprint density at radius 3 is 2.55 bits per heavy atom. The minimum atomic E-state index is -0.566. The zero-order chi connectivity index (χ0) is 15.9. The number of anilines is 1. The van der Waals surface area contributed by atoms with Gasteiger partial charge in [-0.15, -0.1) is 0 Å². The Labute approximate surface area is 127 Å². The van der Waals surface area contributed by atoms with Gasteiger partial charge in [-0.3, -0.25) is 14.6 Å². The predicted octanol–water partition coefficient (Wildman–Crippen LogP) is 0.728. The van der Waals surface area contributed by atoms with Crippen molar-refractivity contribution >= 4 is 17.5 Å². The molecule has 0 aliphatic rings. The molecule has 22 heavy (non-hydrogen) atoms. The summed E-state index contributed by atoms with van der Waals surface area (Å²) in [5, 5.41) is 14.9. The number of primary amides is 1. The highest BCUT2D eigenvalue weighted by Crippen LogP contribution is 2.12. The third-order valence-corrected chi connectivity index (χ3v) is 2.94. The standard InChI is InChI=1S/C15H16N4O3/c16-14(21)12-9-17-6-5-13(12)18-7-8-19-15(22)10-1-3-11(20)4-2-10/h1-6,9,20H,7-8H2,(H2,16,21)(H,17,18)(H,19,22). The van der Waals surface area contributed by atoms with Gasteiger partial charge >= 0.3 is 0 Å². The van der Waals surface area contributed by atoms with Crippen LogP contribution in [0.4, 0.5) is 5.69 Å². The van der Waals surface area contributed by atoms with Crippen LogP contribution in [0.5, 0.6) is 5.75 Å². The average Bonchev–Trinajstić information content (AvgIpc) is 2.52. The minimum Gasteiger partial charge on any atom is -0.508 e. The van der Waals surface area contributed by atoms with Crippen LogP contribution in [0.1, 0.15) is 20.7 Å². The molecule has 0 saturated heterocycles. The Hall–Kier alpha value is -3.09. The van der Waals surface area contributed by atoms with Crippen LogP contribution in [0.25, 0.3) is 0 Å². The number of pyridine rings is 1. The number of hydrogen-bond acceptors (Lipinski definition) is 5. The Kier molecular flexibility index (Phi) is 4.92. The van der Waals surface area contributed by atoms with Crippen LogP contribution in [0.15, 0.2) is 42.7 Å². The van der Waals surface area contributed by atoms with E-state index in [4.69, 9.17) is 10.8 Å². The number of carbonyl (C=O) groups is 2. The zero-order valence-corrected chi connectivity index (χ0v) is 11.7. The van der Waals surface area contributed by atoms with Gasteiger partial charge < -0.3 is 21.5 Å². The summed E-state index contributed by atoms with van der Waals surface area (Å²) in [5.74, 6) is -0.703. The highest BCUT2D eigenvalue weighted by atomic mass is 16.3. The summed E-state index contributed by atoms with van der Waals surface area (Å²) in [6, 6.07) is 7.60. The molecule has 1 aromatic carbocycles. The van der Waals surface area contributed by atoms with E-state index in [1.807, 2.05) is 0 Å². The summed E-state index contributed by atoms with van der Waals surface area (Å²) in [6.45, 7) is 0.786. The second-order valence-electron chi connectivity index (χ2n) is 4.52. The van der Waals surface area contributed by atoms with Gasteiger partial charge in [0.15, 0.2) is 0 Å². The number of phenols is 1. The molecule has 1 heterocycles. The summed E-state index contributed by atoms with van der Waals surface area (Å²) >= 11 is 0. The molecule has 0 spiro atoms. The topological polar surface area (TPSA) is 117 Å². The van der Waals surface area contributed by atoms with E-state index in [-0.39, 0.29) is 11.7 Å². The number of amides is 2. The van der Waals surface area contributed by atoms with Crippen molar-refractivity contribution in [3.8, 4) is 5.75 Å². The van der Waals surface area contributed by atoms with Gasteiger partial charge in [0, 0.05) is 31.0 Å². The minimum absolute atomic E-state index is 0.106. The normalized spacial score (nSPS) is 10.0. The van der Waals surface area contributed by atoms with Crippen LogP contribution in [0.2, 0.25) is 0 Å². The van der Waals surface area contributed by atoms with Crippen LogP contribution in [0, 0.1) is 0 Å². The smallest absolute Gasteiger partial charge is 0.252 e. The van der Waals surface area contributed by atoms with Crippen molar-refractivity contribution in [2.75, 3.05) is 18.4 Å². The summed E-state index contributed by atoms with van der Waals surface area (Å²) in [5.41, 5.74) is 6.57. The summed E-state index contributed by atoms with van der Waals surface area (Å²) in [4.78, 5) is 26.9. The lowest BCUT2D eigenvalue weighted by Gasteiger charge is -2.10. The van der Waals surface area contributed by atoms with Gasteiger partial charge in [0.25, 0.3) is 11.8 Å². The van der Waals surface area contributed by atoms with Crippen LogP contribution in [0.3, 0.4) is 0 Å². The summed E-state index contributed by atoms with van der Waals surface area (Å²) in [6.07, 6.45) is 2.93. The molecule has 0 bridgehead atoms. The molecule has 2 aromatic rings. The number of rotatable bonds is 6. The van der Waals surface area contributed by atoms with Gasteiger partial charge in [-0.05, 0) is 30.3 Å². The fraction of sp³-hybridized carbons (Fsp3) is 0.133. The number of nitrogens with two attached hydrogens (primary N) is 1. The molecule has 7 heteroatoms. The van der Waals surface area contributed by atoms with Crippen molar-refractivity contribution in [1.82, 2.24) is 10.3 Å². The fourth-order valence-electron chi connectivity index (χ4n) is 1.83. The van der Waals surface area contributed by atoms with Crippen molar-refractivity contribution in [2.24, 2.45) is 5.73 Å². The van der Waals surface area contributed by atoms with Crippen LogP contribution in [-0.4, -0.2) is 35.0 Å². The van der Waals surface area contributed by atoms with Crippen LogP contribution < -0.4 is 16.4 Å². The number of hydrogen-bond donors (Lipinski definition) is 4. The first-order valence-corrected chi connectivity index (χ1v) is 6.63. The molecule has 0 radical (unpaired) electrons. The molecule has 2 rings (SSSR count). The van der Waals surface area contributed by atoms with E-state index in [0.717, 1.165) is 0 Å². The van der Waals surface area contributed by atoms with Gasteiger partial charge in [0.2, 0.25) is 0 Å². The molecule has 2 amide bonds. The maximum Gasteiger partial charge on any atom is 0.252 e. The Balaban J connectivity index is 1.83. The van der Waals surface area contributed by atoms with Crippen LogP contribution >= 0.6 is 0 Å². The second-order valence-corrected chi connectivity index (χ2v) is 4.52. The first kappa shape index (κ1) is 15.3. The van der Waals surface area contributed by atoms with Crippen molar-refractivity contribution in [3.63, 3.8) is 0 Å². The number of benzene rings is 1. The first-order valence-electron chi connectivity index (χ1n) is 6.63. The van der Waals surface area contributed by atoms with Crippen molar-refractivity contribution in [2.45, 2.75) is 0 Å². The average molecular weight is 300 g/mol. The predicted molar refractivity (Wildman–Crippen MR) is 81.7 cm³/mol. The molecule has 1 aromatic heterocycles. The molecular formula is C15H16N4O3. The fourth-order valence-corrected chi connectivity index (χ4v) is 1.83. The van der Waals surface area contributed by atoms with Gasteiger partial charge in [0.1, 0.15) is 5.75 Å². The Bertz CT molecular complexity index is 671. The number of phenolic OH excluding ortho intramolecular Hbond substituents is 1. The van der Waals surface area contributed by atoms with Gasteiger partial charge in [-0.2, -0.15) is 0 Å². The van der Waals surface area contributed by atoms with E-state index in [9.17, 15) is 9.59 Å². The summed E-state index contributed by atoms with van der Waals surface area (Å²) in [7, 11) is 0. The Morgan fingerprint density at radius 2 is 1.86 bits per heavy atom. The maximum atomic E-state index is 11.8. The molecule has 114 valence electrons. The number of carbonyl (C=O) groups excluding carboxylic acids is 2. The lowest BCUT2D eigenvalue weighted by Crippen LogP contribution is -2.29. The van der Waals surface area contributed by atoms with E-state index in [1.165, 1.54) is 30.5 Å². The van der Waals surface area contributed by atoms with E-state index in [2.05, 4.69) is 15.6 Å². The molecule has 0 saturated carbocycles. The number of aromatic hydroxyl groups is 1. The van der Waals surface area contributed by atoms with E-state index < -0.39 is 5.91 Å². The molecule has 0 atom stereocenters. The summed E-state index contributed by atoms with van der Waals surface area (Å²) < 4.78 is 0. The van der Waals surface area contributed by atoms with E-state index in [0.29, 0.717) is 29.9 Å². The van der Waals surface area contributed by atoms with Gasteiger partial charge in [0.05, 0.1) is 11.3 Å². The molecule has 5 N–H and O–H groups in total. The number of aromatic nitrogens is 1. The molecule has 0 aliphatic carbocycles. The third kappa shape index (κ3) is 3.95. The number of nitrogens with zero attached hydrogens (tertiary/aromatic N) is 1. The lowest BCUT2D eigenvalue weighted by molar-refractivity contribution is 0.0953. The first-order chi connectivity index (χ1) is 10.6.